The van der Waals surface area contributed by atoms with Gasteiger partial charge in [0.25, 0.3) is 0 Å². The highest BCUT2D eigenvalue weighted by Gasteiger charge is 2.22. The summed E-state index contributed by atoms with van der Waals surface area (Å²) in [5.74, 6) is 0. The first-order valence-corrected chi connectivity index (χ1v) is 5.68. The van der Waals surface area contributed by atoms with Gasteiger partial charge in [-0.1, -0.05) is 6.42 Å². The molecule has 0 unspecified atom stereocenters. The fourth-order valence-electron chi connectivity index (χ4n) is 2.39. The second-order valence-corrected chi connectivity index (χ2v) is 4.19. The minimum absolute atomic E-state index is 1.34. The van der Waals surface area contributed by atoms with Gasteiger partial charge in [-0.25, -0.2) is 0 Å². The van der Waals surface area contributed by atoms with Gasteiger partial charge in [-0.2, -0.15) is 0 Å². The number of quaternary nitrogens is 1. The maximum atomic E-state index is 2.35. The standard InChI is InChI=1S/C11H24N/c1-3-12(4-2)10-8-6-5-7-9-11-12/h3-11H2,1-2H3/q+1. The lowest BCUT2D eigenvalue weighted by atomic mass is 10.1. The van der Waals surface area contributed by atoms with Crippen LogP contribution in [0.15, 0.2) is 0 Å². The van der Waals surface area contributed by atoms with Crippen molar-refractivity contribution in [3.05, 3.63) is 0 Å². The molecule has 0 N–H and O–H groups in total. The highest BCUT2D eigenvalue weighted by atomic mass is 15.3. The number of hydrogen-bond donors (Lipinski definition) is 0. The first kappa shape index (κ1) is 10.0. The maximum Gasteiger partial charge on any atom is 0.0786 e. The van der Waals surface area contributed by atoms with Gasteiger partial charge in [-0.15, -0.1) is 0 Å². The zero-order chi connectivity index (χ0) is 8.86. The van der Waals surface area contributed by atoms with Crippen molar-refractivity contribution in [3.63, 3.8) is 0 Å². The molecule has 1 nitrogen and oxygen atoms in total. The lowest BCUT2D eigenvalue weighted by Gasteiger charge is -2.38. The smallest absolute Gasteiger partial charge is 0.0786 e. The average molecular weight is 170 g/mol. The molecule has 0 amide bonds. The third-order valence-electron chi connectivity index (χ3n) is 3.61. The number of likely N-dealkylation sites (tertiary alicyclic amines) is 1. The molecular formula is C11H24N+. The summed E-state index contributed by atoms with van der Waals surface area (Å²) in [6.45, 7) is 10.3. The van der Waals surface area contributed by atoms with E-state index in [2.05, 4.69) is 13.8 Å². The second kappa shape index (κ2) is 4.86. The molecule has 1 heteroatoms. The van der Waals surface area contributed by atoms with Crippen molar-refractivity contribution in [1.29, 1.82) is 0 Å². The Morgan fingerprint density at radius 3 is 1.58 bits per heavy atom. The highest BCUT2D eigenvalue weighted by Crippen LogP contribution is 2.17. The molecule has 1 aliphatic rings. The van der Waals surface area contributed by atoms with Crippen LogP contribution in [0.3, 0.4) is 0 Å². The van der Waals surface area contributed by atoms with Crippen LogP contribution in [0.1, 0.15) is 46.0 Å². The Morgan fingerprint density at radius 2 is 1.17 bits per heavy atom. The summed E-state index contributed by atoms with van der Waals surface area (Å²) in [5, 5.41) is 0. The van der Waals surface area contributed by atoms with Crippen LogP contribution in [0.4, 0.5) is 0 Å². The van der Waals surface area contributed by atoms with Gasteiger partial charge in [0, 0.05) is 0 Å². The van der Waals surface area contributed by atoms with Crippen LogP contribution in [0.5, 0.6) is 0 Å². The van der Waals surface area contributed by atoms with E-state index in [4.69, 9.17) is 0 Å². The van der Waals surface area contributed by atoms with Crippen molar-refractivity contribution in [2.75, 3.05) is 26.2 Å². The molecule has 1 saturated heterocycles. The van der Waals surface area contributed by atoms with Crippen molar-refractivity contribution in [1.82, 2.24) is 0 Å². The largest absolute Gasteiger partial charge is 0.324 e. The minimum Gasteiger partial charge on any atom is -0.324 e. The topological polar surface area (TPSA) is 0 Å². The SMILES string of the molecule is CC[N+]1(CC)CCCCCCC1. The van der Waals surface area contributed by atoms with E-state index in [1.165, 1.54) is 62.8 Å². The van der Waals surface area contributed by atoms with Crippen LogP contribution in [0, 0.1) is 0 Å². The Labute approximate surface area is 77.4 Å². The number of rotatable bonds is 2. The van der Waals surface area contributed by atoms with E-state index >= 15 is 0 Å². The van der Waals surface area contributed by atoms with Gasteiger partial charge in [0.15, 0.2) is 0 Å². The molecule has 1 aliphatic heterocycles. The normalized spacial score (nSPS) is 24.5. The van der Waals surface area contributed by atoms with Gasteiger partial charge in [0.2, 0.25) is 0 Å². The summed E-state index contributed by atoms with van der Waals surface area (Å²) in [5.41, 5.74) is 0. The van der Waals surface area contributed by atoms with Gasteiger partial charge in [-0.3, -0.25) is 0 Å². The molecule has 0 aromatic heterocycles. The molecule has 0 aromatic carbocycles. The van der Waals surface area contributed by atoms with E-state index in [1.54, 1.807) is 0 Å². The molecule has 0 aromatic rings. The summed E-state index contributed by atoms with van der Waals surface area (Å²) < 4.78 is 1.39. The Balaban J connectivity index is 2.45. The van der Waals surface area contributed by atoms with Crippen molar-refractivity contribution >= 4 is 0 Å². The van der Waals surface area contributed by atoms with E-state index in [1.807, 2.05) is 0 Å². The summed E-state index contributed by atoms with van der Waals surface area (Å²) in [4.78, 5) is 0. The molecule has 0 saturated carbocycles. The molecule has 12 heavy (non-hydrogen) atoms. The minimum atomic E-state index is 1.34. The summed E-state index contributed by atoms with van der Waals surface area (Å²) in [7, 11) is 0. The summed E-state index contributed by atoms with van der Waals surface area (Å²) >= 11 is 0. The van der Waals surface area contributed by atoms with Crippen molar-refractivity contribution in [2.45, 2.75) is 46.0 Å². The summed E-state index contributed by atoms with van der Waals surface area (Å²) in [6.07, 6.45) is 7.34. The average Bonchev–Trinajstić information content (AvgIpc) is 2.06. The van der Waals surface area contributed by atoms with Crippen molar-refractivity contribution in [3.8, 4) is 0 Å². The molecular weight excluding hydrogens is 146 g/mol. The van der Waals surface area contributed by atoms with Gasteiger partial charge in [0.1, 0.15) is 0 Å². The van der Waals surface area contributed by atoms with E-state index in [-0.39, 0.29) is 0 Å². The first-order chi connectivity index (χ1) is 5.83. The monoisotopic (exact) mass is 170 g/mol. The third-order valence-corrected chi connectivity index (χ3v) is 3.61. The van der Waals surface area contributed by atoms with E-state index in [9.17, 15) is 0 Å². The van der Waals surface area contributed by atoms with Crippen LogP contribution in [0.2, 0.25) is 0 Å². The molecule has 72 valence electrons. The predicted octanol–water partition coefficient (Wildman–Crippen LogP) is 2.81. The zero-order valence-corrected chi connectivity index (χ0v) is 8.81. The fourth-order valence-corrected chi connectivity index (χ4v) is 2.39. The van der Waals surface area contributed by atoms with Gasteiger partial charge < -0.3 is 4.48 Å². The fraction of sp³-hybridized carbons (Fsp3) is 1.00. The van der Waals surface area contributed by atoms with Gasteiger partial charge in [0.05, 0.1) is 26.2 Å². The van der Waals surface area contributed by atoms with Gasteiger partial charge >= 0.3 is 0 Å². The van der Waals surface area contributed by atoms with Crippen molar-refractivity contribution in [2.24, 2.45) is 0 Å². The molecule has 0 aliphatic carbocycles. The van der Waals surface area contributed by atoms with Gasteiger partial charge in [-0.05, 0) is 39.5 Å². The molecule has 1 rings (SSSR count). The second-order valence-electron chi connectivity index (χ2n) is 4.19. The zero-order valence-electron chi connectivity index (χ0n) is 8.81. The quantitative estimate of drug-likeness (QED) is 0.559. The Hall–Kier alpha value is -0.0400. The molecule has 0 radical (unpaired) electrons. The summed E-state index contributed by atoms with van der Waals surface area (Å²) in [6, 6.07) is 0. The third kappa shape index (κ3) is 2.48. The Bertz CT molecular complexity index is 106. The molecule has 1 fully saturated rings. The van der Waals surface area contributed by atoms with E-state index in [0.717, 1.165) is 0 Å². The van der Waals surface area contributed by atoms with E-state index < -0.39 is 0 Å². The van der Waals surface area contributed by atoms with Crippen LogP contribution < -0.4 is 0 Å². The van der Waals surface area contributed by atoms with Crippen LogP contribution >= 0.6 is 0 Å². The number of nitrogens with zero attached hydrogens (tertiary/aromatic N) is 1. The molecule has 0 spiro atoms. The lowest BCUT2D eigenvalue weighted by Crippen LogP contribution is -2.49. The highest BCUT2D eigenvalue weighted by molar-refractivity contribution is 4.51. The Kier molecular flexibility index (Phi) is 4.07. The maximum absolute atomic E-state index is 2.35. The Morgan fingerprint density at radius 1 is 0.750 bits per heavy atom. The lowest BCUT2D eigenvalue weighted by molar-refractivity contribution is -0.925. The van der Waals surface area contributed by atoms with Crippen LogP contribution in [0.25, 0.3) is 0 Å². The molecule has 0 bridgehead atoms. The van der Waals surface area contributed by atoms with Crippen LogP contribution in [-0.4, -0.2) is 30.7 Å². The van der Waals surface area contributed by atoms with Crippen molar-refractivity contribution < 1.29 is 4.48 Å². The first-order valence-electron chi connectivity index (χ1n) is 5.68. The predicted molar refractivity (Wildman–Crippen MR) is 54.2 cm³/mol. The van der Waals surface area contributed by atoms with Crippen LogP contribution in [-0.2, 0) is 0 Å². The van der Waals surface area contributed by atoms with E-state index in [0.29, 0.717) is 0 Å². The molecule has 0 atom stereocenters. The molecule has 1 heterocycles. The number of hydrogen-bond acceptors (Lipinski definition) is 0.